The predicted molar refractivity (Wildman–Crippen MR) is 126 cm³/mol. The Labute approximate surface area is 187 Å². The van der Waals surface area contributed by atoms with Crippen molar-refractivity contribution in [1.29, 1.82) is 0 Å². The van der Waals surface area contributed by atoms with Gasteiger partial charge in [0.15, 0.2) is 5.16 Å². The topological polar surface area (TPSA) is 76.9 Å². The van der Waals surface area contributed by atoms with Crippen LogP contribution < -0.4 is 10.9 Å². The molecule has 3 heterocycles. The van der Waals surface area contributed by atoms with Gasteiger partial charge in [0, 0.05) is 35.2 Å². The second-order valence-electron chi connectivity index (χ2n) is 7.68. The number of carbonyl (C=O) groups is 1. The summed E-state index contributed by atoms with van der Waals surface area (Å²) in [7, 11) is 0. The second-order valence-corrected chi connectivity index (χ2v) is 9.70. The van der Waals surface area contributed by atoms with E-state index in [1.54, 1.807) is 29.0 Å². The number of carbonyl (C=O) groups excluding carboxylic acids is 1. The van der Waals surface area contributed by atoms with Crippen LogP contribution in [0.5, 0.6) is 0 Å². The van der Waals surface area contributed by atoms with Crippen molar-refractivity contribution in [2.24, 2.45) is 0 Å². The quantitative estimate of drug-likeness (QED) is 0.453. The van der Waals surface area contributed by atoms with Gasteiger partial charge < -0.3 is 5.32 Å². The number of nitrogens with one attached hydrogen (secondary N) is 1. The molecule has 1 unspecified atom stereocenters. The molecule has 0 aliphatic carbocycles. The van der Waals surface area contributed by atoms with E-state index < -0.39 is 0 Å². The smallest absolute Gasteiger partial charge is 0.257 e. The monoisotopic (exact) mass is 448 g/mol. The number of thioether (sulfide) groups is 1. The molecule has 6 nitrogen and oxygen atoms in total. The van der Waals surface area contributed by atoms with E-state index in [-0.39, 0.29) is 23.9 Å². The van der Waals surface area contributed by atoms with Gasteiger partial charge in [0.1, 0.15) is 5.01 Å². The molecular weight excluding hydrogens is 428 g/mol. The molecule has 1 aliphatic heterocycles. The van der Waals surface area contributed by atoms with Crippen LogP contribution in [0, 0.1) is 13.8 Å². The van der Waals surface area contributed by atoms with Crippen molar-refractivity contribution in [2.75, 3.05) is 11.1 Å². The Morgan fingerprint density at radius 2 is 2.00 bits per heavy atom. The van der Waals surface area contributed by atoms with Crippen LogP contribution in [0.25, 0.3) is 20.8 Å². The summed E-state index contributed by atoms with van der Waals surface area (Å²) in [5.41, 5.74) is 4.49. The molecule has 1 atom stereocenters. The molecule has 8 heteroatoms. The molecule has 1 N–H and O–H groups in total. The lowest BCUT2D eigenvalue weighted by atomic mass is 10.2. The first-order chi connectivity index (χ1) is 15.0. The summed E-state index contributed by atoms with van der Waals surface area (Å²) < 4.78 is 2.82. The van der Waals surface area contributed by atoms with Crippen molar-refractivity contribution in [1.82, 2.24) is 14.5 Å². The summed E-state index contributed by atoms with van der Waals surface area (Å²) in [4.78, 5) is 34.1. The van der Waals surface area contributed by atoms with Crippen molar-refractivity contribution >= 4 is 44.9 Å². The molecule has 1 aliphatic rings. The van der Waals surface area contributed by atoms with Crippen molar-refractivity contribution in [3.05, 3.63) is 70.1 Å². The lowest BCUT2D eigenvalue weighted by molar-refractivity contribution is -0.116. The van der Waals surface area contributed by atoms with Crippen LogP contribution in [0.1, 0.15) is 23.6 Å². The van der Waals surface area contributed by atoms with Gasteiger partial charge in [0.25, 0.3) is 5.56 Å². The molecule has 2 aromatic carbocycles. The molecule has 156 valence electrons. The highest BCUT2D eigenvalue weighted by Gasteiger charge is 2.27. The van der Waals surface area contributed by atoms with Crippen LogP contribution in [0.2, 0.25) is 0 Å². The van der Waals surface area contributed by atoms with E-state index in [1.165, 1.54) is 22.0 Å². The van der Waals surface area contributed by atoms with Crippen molar-refractivity contribution in [3.63, 3.8) is 0 Å². The largest absolute Gasteiger partial charge is 0.326 e. The Kier molecular flexibility index (Phi) is 5.11. The molecule has 0 spiro atoms. The van der Waals surface area contributed by atoms with Gasteiger partial charge in [-0.3, -0.25) is 14.2 Å². The van der Waals surface area contributed by atoms with Gasteiger partial charge in [-0.25, -0.2) is 9.97 Å². The minimum absolute atomic E-state index is 0.0665. The van der Waals surface area contributed by atoms with E-state index in [9.17, 15) is 9.59 Å². The maximum Gasteiger partial charge on any atom is 0.257 e. The van der Waals surface area contributed by atoms with Gasteiger partial charge in [-0.05, 0) is 55.8 Å². The van der Waals surface area contributed by atoms with Crippen molar-refractivity contribution < 1.29 is 4.79 Å². The lowest BCUT2D eigenvalue weighted by Gasteiger charge is -2.13. The van der Waals surface area contributed by atoms with Crippen LogP contribution in [-0.4, -0.2) is 26.2 Å². The van der Waals surface area contributed by atoms with Crippen molar-refractivity contribution in [2.45, 2.75) is 31.5 Å². The highest BCUT2D eigenvalue weighted by atomic mass is 32.2. The third kappa shape index (κ3) is 3.88. The number of amides is 1. The molecular formula is C23H20N4O2S2. The third-order valence-electron chi connectivity index (χ3n) is 5.28. The van der Waals surface area contributed by atoms with Crippen LogP contribution in [-0.2, 0) is 4.79 Å². The maximum atomic E-state index is 12.6. The maximum absolute atomic E-state index is 12.6. The number of nitrogens with zero attached hydrogens (tertiary/aromatic N) is 3. The zero-order valence-electron chi connectivity index (χ0n) is 17.1. The highest BCUT2D eigenvalue weighted by Crippen LogP contribution is 2.33. The summed E-state index contributed by atoms with van der Waals surface area (Å²) in [5.74, 6) is 0.560. The summed E-state index contributed by atoms with van der Waals surface area (Å²) in [6.45, 7) is 3.82. The molecule has 0 saturated heterocycles. The average Bonchev–Trinajstić information content (AvgIpc) is 3.35. The zero-order valence-corrected chi connectivity index (χ0v) is 18.7. The minimum Gasteiger partial charge on any atom is -0.326 e. The summed E-state index contributed by atoms with van der Waals surface area (Å²) in [6.07, 6.45) is 1.84. The predicted octanol–water partition coefficient (Wildman–Crippen LogP) is 4.81. The number of fused-ring (bicyclic) bond motifs is 2. The number of hydrogen-bond acceptors (Lipinski definition) is 6. The average molecular weight is 449 g/mol. The summed E-state index contributed by atoms with van der Waals surface area (Å²) in [5, 5.41) is 4.59. The van der Waals surface area contributed by atoms with E-state index in [2.05, 4.69) is 29.4 Å². The molecule has 0 bridgehead atoms. The first-order valence-electron chi connectivity index (χ1n) is 9.96. The molecule has 4 aromatic rings. The van der Waals surface area contributed by atoms with Gasteiger partial charge >= 0.3 is 0 Å². The molecule has 0 radical (unpaired) electrons. The number of aryl methyl sites for hydroxylation is 2. The standard InChI is InChI=1S/C23H20N4O2S2/c1-13-3-8-18-19(9-13)31-21(26-18)15-4-6-16(7-5-15)25-20(28)10-17-12-30-23-24-11-14(2)22(29)27(17)23/h3-9,11,17H,10,12H2,1-2H3,(H,25,28). The number of aromatic nitrogens is 3. The number of benzene rings is 2. The third-order valence-corrected chi connectivity index (χ3v) is 7.46. The Hall–Kier alpha value is -2.97. The number of anilines is 1. The molecule has 5 rings (SSSR count). The molecule has 2 aromatic heterocycles. The second kappa shape index (κ2) is 7.94. The fraction of sp³-hybridized carbons (Fsp3) is 0.217. The molecule has 0 saturated carbocycles. The molecule has 1 amide bonds. The molecule has 31 heavy (non-hydrogen) atoms. The Morgan fingerprint density at radius 3 is 2.81 bits per heavy atom. The van der Waals surface area contributed by atoms with Crippen molar-refractivity contribution in [3.8, 4) is 10.6 Å². The number of thiazole rings is 1. The summed E-state index contributed by atoms with van der Waals surface area (Å²) in [6, 6.07) is 13.8. The van der Waals surface area contributed by atoms with Crippen LogP contribution in [0.15, 0.2) is 58.6 Å². The number of rotatable bonds is 4. The number of hydrogen-bond donors (Lipinski definition) is 1. The zero-order chi connectivity index (χ0) is 21.5. The van der Waals surface area contributed by atoms with E-state index in [1.807, 2.05) is 30.3 Å². The van der Waals surface area contributed by atoms with Crippen LogP contribution in [0.3, 0.4) is 0 Å². The van der Waals surface area contributed by atoms with E-state index in [0.717, 1.165) is 21.8 Å². The van der Waals surface area contributed by atoms with Crippen LogP contribution in [0.4, 0.5) is 5.69 Å². The Bertz CT molecular complexity index is 1360. The van der Waals surface area contributed by atoms with E-state index in [4.69, 9.17) is 4.98 Å². The van der Waals surface area contributed by atoms with Gasteiger partial charge in [-0.15, -0.1) is 11.3 Å². The minimum atomic E-state index is -0.176. The van der Waals surface area contributed by atoms with E-state index >= 15 is 0 Å². The molecule has 0 fully saturated rings. The fourth-order valence-corrected chi connectivity index (χ4v) is 5.82. The first-order valence-corrected chi connectivity index (χ1v) is 11.8. The Morgan fingerprint density at radius 1 is 1.19 bits per heavy atom. The van der Waals surface area contributed by atoms with Gasteiger partial charge in [-0.1, -0.05) is 17.8 Å². The normalized spacial score (nSPS) is 15.2. The van der Waals surface area contributed by atoms with Gasteiger partial charge in [0.05, 0.1) is 16.3 Å². The van der Waals surface area contributed by atoms with E-state index in [0.29, 0.717) is 16.5 Å². The SMILES string of the molecule is Cc1ccc2nc(-c3ccc(NC(=O)CC4CSc5ncc(C)c(=O)n54)cc3)sc2c1. The Balaban J connectivity index is 1.29. The van der Waals surface area contributed by atoms with Gasteiger partial charge in [-0.2, -0.15) is 0 Å². The highest BCUT2D eigenvalue weighted by molar-refractivity contribution is 7.99. The summed E-state index contributed by atoms with van der Waals surface area (Å²) >= 11 is 3.18. The first kappa shape index (κ1) is 20.0. The fourth-order valence-electron chi connectivity index (χ4n) is 3.65. The van der Waals surface area contributed by atoms with Crippen LogP contribution >= 0.6 is 23.1 Å². The lowest BCUT2D eigenvalue weighted by Crippen LogP contribution is -2.28. The van der Waals surface area contributed by atoms with Gasteiger partial charge in [0.2, 0.25) is 5.91 Å².